The molecule has 5 aromatic rings. The number of benzene rings is 5. The Morgan fingerprint density at radius 2 is 1.21 bits per heavy atom. The smallest absolute Gasteiger partial charge is 0.417 e. The van der Waals surface area contributed by atoms with Crippen LogP contribution in [0.2, 0.25) is 5.02 Å². The molecule has 5 rings (SSSR count). The maximum atomic E-state index is 13.7. The van der Waals surface area contributed by atoms with Crippen molar-refractivity contribution in [1.29, 1.82) is 0 Å². The molecule has 0 aliphatic carbocycles. The van der Waals surface area contributed by atoms with Gasteiger partial charge in [0.1, 0.15) is 22.7 Å². The molecule has 332 valence electrons. The molecule has 9 nitrogen and oxygen atoms in total. The Kier molecular flexibility index (Phi) is 18.1. The Morgan fingerprint density at radius 1 is 0.694 bits per heavy atom. The molecule has 2 amide bonds. The first-order valence-electron chi connectivity index (χ1n) is 20.4. The topological polar surface area (TPSA) is 109 Å². The average molecular weight is 876 g/mol. The summed E-state index contributed by atoms with van der Waals surface area (Å²) >= 11 is 6.34. The molecule has 3 N–H and O–H groups in total. The summed E-state index contributed by atoms with van der Waals surface area (Å²) in [6.07, 6.45) is -4.88. The Morgan fingerprint density at radius 3 is 1.73 bits per heavy atom. The van der Waals surface area contributed by atoms with Gasteiger partial charge in [-0.05, 0) is 106 Å². The van der Waals surface area contributed by atoms with Crippen LogP contribution >= 0.6 is 11.6 Å². The summed E-state index contributed by atoms with van der Waals surface area (Å²) in [6, 6.07) is 38.4. The third-order valence-corrected chi connectivity index (χ3v) is 9.44. The van der Waals surface area contributed by atoms with Crippen LogP contribution < -0.4 is 15.4 Å². The monoisotopic (exact) mass is 875 g/mol. The number of ether oxygens (including phenoxy) is 3. The van der Waals surface area contributed by atoms with E-state index in [0.717, 1.165) is 28.3 Å². The number of carbonyl (C=O) groups is 2. The SMILES string of the molecule is CC(C)(C)OC(=O)NCc1cccc(O)c1.CC(C)(C)OC(=O)NCc1cccc(OCCCN(Cc2cccc(C(F)(F)F)c2Cl)CC(c2ccccc2)c2ccccc2)c1. The number of amides is 2. The third-order valence-electron chi connectivity index (χ3n) is 8.99. The fourth-order valence-corrected chi connectivity index (χ4v) is 6.59. The molecule has 0 aliphatic heterocycles. The summed E-state index contributed by atoms with van der Waals surface area (Å²) in [4.78, 5) is 25.5. The molecule has 0 aromatic heterocycles. The predicted octanol–water partition coefficient (Wildman–Crippen LogP) is 11.9. The zero-order valence-corrected chi connectivity index (χ0v) is 36.9. The number of nitrogens with one attached hydrogen (secondary N) is 2. The van der Waals surface area contributed by atoms with Gasteiger partial charge in [0.25, 0.3) is 0 Å². The van der Waals surface area contributed by atoms with Gasteiger partial charge in [-0.15, -0.1) is 0 Å². The van der Waals surface area contributed by atoms with Crippen molar-refractivity contribution in [3.63, 3.8) is 0 Å². The molecule has 0 fully saturated rings. The van der Waals surface area contributed by atoms with Crippen LogP contribution in [-0.4, -0.2) is 53.1 Å². The normalized spacial score (nSPS) is 11.7. The number of carbonyl (C=O) groups excluding carboxylic acids is 2. The molecular weight excluding hydrogens is 819 g/mol. The number of phenols is 1. The summed E-state index contributed by atoms with van der Waals surface area (Å²) in [7, 11) is 0. The fourth-order valence-electron chi connectivity index (χ4n) is 6.30. The van der Waals surface area contributed by atoms with E-state index in [1.54, 1.807) is 65.8 Å². The first-order chi connectivity index (χ1) is 29.3. The molecular formula is C49H57ClF3N3O6. The van der Waals surface area contributed by atoms with Gasteiger partial charge in [-0.25, -0.2) is 9.59 Å². The van der Waals surface area contributed by atoms with Crippen molar-refractivity contribution in [2.75, 3.05) is 19.7 Å². The largest absolute Gasteiger partial charge is 0.508 e. The number of hydrogen-bond acceptors (Lipinski definition) is 7. The summed E-state index contributed by atoms with van der Waals surface area (Å²) in [5.74, 6) is 0.827. The van der Waals surface area contributed by atoms with Crippen LogP contribution in [-0.2, 0) is 35.3 Å². The van der Waals surface area contributed by atoms with Crippen molar-refractivity contribution < 1.29 is 42.1 Å². The minimum atomic E-state index is -4.54. The van der Waals surface area contributed by atoms with Crippen molar-refractivity contribution in [2.24, 2.45) is 0 Å². The molecule has 0 saturated carbocycles. The van der Waals surface area contributed by atoms with Gasteiger partial charge in [0.05, 0.1) is 17.2 Å². The highest BCUT2D eigenvalue weighted by atomic mass is 35.5. The van der Waals surface area contributed by atoms with E-state index in [0.29, 0.717) is 44.0 Å². The lowest BCUT2D eigenvalue weighted by Crippen LogP contribution is -2.32. The summed E-state index contributed by atoms with van der Waals surface area (Å²) in [5.41, 5.74) is 2.41. The Bertz CT molecular complexity index is 2120. The summed E-state index contributed by atoms with van der Waals surface area (Å²) in [6.45, 7) is 13.2. The maximum absolute atomic E-state index is 13.7. The number of phenolic OH excluding ortho intramolecular Hbond substituents is 1. The van der Waals surface area contributed by atoms with Crippen molar-refractivity contribution in [3.8, 4) is 11.5 Å². The lowest BCUT2D eigenvalue weighted by Gasteiger charge is -2.29. The Labute approximate surface area is 368 Å². The highest BCUT2D eigenvalue weighted by Gasteiger charge is 2.34. The first-order valence-corrected chi connectivity index (χ1v) is 20.7. The minimum Gasteiger partial charge on any atom is -0.508 e. The van der Waals surface area contributed by atoms with E-state index in [-0.39, 0.29) is 29.8 Å². The fraction of sp³-hybridized carbons (Fsp3) is 0.347. The Balaban J connectivity index is 0.000000443. The maximum Gasteiger partial charge on any atom is 0.417 e. The molecule has 0 bridgehead atoms. The van der Waals surface area contributed by atoms with Crippen LogP contribution in [0.5, 0.6) is 11.5 Å². The molecule has 0 spiro atoms. The molecule has 62 heavy (non-hydrogen) atoms. The number of rotatable bonds is 15. The molecule has 0 unspecified atom stereocenters. The van der Waals surface area contributed by atoms with Gasteiger partial charge in [0.15, 0.2) is 0 Å². The van der Waals surface area contributed by atoms with Gasteiger partial charge in [-0.1, -0.05) is 109 Å². The van der Waals surface area contributed by atoms with Crippen LogP contribution in [0.1, 0.15) is 87.3 Å². The van der Waals surface area contributed by atoms with Gasteiger partial charge in [-0.3, -0.25) is 4.90 Å². The van der Waals surface area contributed by atoms with Gasteiger partial charge in [-0.2, -0.15) is 13.2 Å². The molecule has 5 aromatic carbocycles. The van der Waals surface area contributed by atoms with E-state index in [2.05, 4.69) is 39.8 Å². The molecule has 0 heterocycles. The van der Waals surface area contributed by atoms with Crippen molar-refractivity contribution in [3.05, 3.63) is 166 Å². The summed E-state index contributed by atoms with van der Waals surface area (Å²) < 4.78 is 57.4. The zero-order chi connectivity index (χ0) is 45.3. The standard InChI is InChI=1S/C37H40ClF3N2O3.C12H17NO3/c1-36(2,3)46-35(44)42-24-27-13-10-19-31(23-27)45-22-12-21-43(25-30-18-11-20-33(34(30)38)37(39,40)41)26-32(28-14-6-4-7-15-28)29-16-8-5-9-17-29;1-12(2,3)16-11(15)13-8-9-5-4-6-10(14)7-9/h4-11,13-20,23,32H,12,21-22,24-26H2,1-3H3,(H,42,44);4-7,14H,8H2,1-3H3,(H,13,15). The minimum absolute atomic E-state index is 0.0120. The second kappa shape index (κ2) is 22.9. The first kappa shape index (κ1) is 48.9. The zero-order valence-electron chi connectivity index (χ0n) is 36.1. The van der Waals surface area contributed by atoms with E-state index in [4.69, 9.17) is 25.8 Å². The van der Waals surface area contributed by atoms with E-state index in [9.17, 15) is 27.9 Å². The average Bonchev–Trinajstić information content (AvgIpc) is 3.20. The number of alkyl carbamates (subject to hydrolysis) is 2. The van der Waals surface area contributed by atoms with Crippen LogP contribution in [0.4, 0.5) is 22.8 Å². The number of alkyl halides is 3. The molecule has 0 saturated heterocycles. The molecule has 13 heteroatoms. The molecule has 0 atom stereocenters. The highest BCUT2D eigenvalue weighted by Crippen LogP contribution is 2.37. The van der Waals surface area contributed by atoms with E-state index >= 15 is 0 Å². The summed E-state index contributed by atoms with van der Waals surface area (Å²) in [5, 5.41) is 14.3. The molecule has 0 radical (unpaired) electrons. The van der Waals surface area contributed by atoms with Crippen LogP contribution in [0, 0.1) is 0 Å². The lowest BCUT2D eigenvalue weighted by atomic mass is 9.90. The highest BCUT2D eigenvalue weighted by molar-refractivity contribution is 6.32. The predicted molar refractivity (Wildman–Crippen MR) is 237 cm³/mol. The lowest BCUT2D eigenvalue weighted by molar-refractivity contribution is -0.137. The van der Waals surface area contributed by atoms with Crippen molar-refractivity contribution >= 4 is 23.8 Å². The quantitative estimate of drug-likeness (QED) is 0.0899. The Hall–Kier alpha value is -5.72. The number of hydrogen-bond donors (Lipinski definition) is 3. The van der Waals surface area contributed by atoms with Gasteiger partial charge in [0.2, 0.25) is 0 Å². The number of nitrogens with zero attached hydrogens (tertiary/aromatic N) is 1. The third kappa shape index (κ3) is 17.7. The van der Waals surface area contributed by atoms with E-state index in [1.165, 1.54) is 6.07 Å². The number of aromatic hydroxyl groups is 1. The van der Waals surface area contributed by atoms with Crippen LogP contribution in [0.3, 0.4) is 0 Å². The van der Waals surface area contributed by atoms with E-state index in [1.807, 2.05) is 66.7 Å². The van der Waals surface area contributed by atoms with Gasteiger partial charge in [0, 0.05) is 38.6 Å². The van der Waals surface area contributed by atoms with Crippen LogP contribution in [0.15, 0.2) is 127 Å². The van der Waals surface area contributed by atoms with E-state index < -0.39 is 35.1 Å². The van der Waals surface area contributed by atoms with Crippen molar-refractivity contribution in [2.45, 2.75) is 90.9 Å². The van der Waals surface area contributed by atoms with Gasteiger partial charge < -0.3 is 30.0 Å². The second-order valence-electron chi connectivity index (χ2n) is 16.6. The second-order valence-corrected chi connectivity index (χ2v) is 17.0. The number of halogens is 4. The van der Waals surface area contributed by atoms with Gasteiger partial charge >= 0.3 is 18.4 Å². The van der Waals surface area contributed by atoms with Crippen molar-refractivity contribution in [1.82, 2.24) is 15.5 Å². The molecule has 0 aliphatic rings. The van der Waals surface area contributed by atoms with Crippen LogP contribution in [0.25, 0.3) is 0 Å².